The summed E-state index contributed by atoms with van der Waals surface area (Å²) in [6, 6.07) is 0. The highest BCUT2D eigenvalue weighted by atomic mass is 16.6. The van der Waals surface area contributed by atoms with Gasteiger partial charge in [0.25, 0.3) is 0 Å². The van der Waals surface area contributed by atoms with E-state index in [4.69, 9.17) is 0 Å². The first-order valence-electron chi connectivity index (χ1n) is 6.83. The Hall–Kier alpha value is -2.50. The first kappa shape index (κ1) is 15.9. The third-order valence-electron chi connectivity index (χ3n) is 3.36. The molecule has 0 spiro atoms. The molecule has 0 N–H and O–H groups in total. The fourth-order valence-corrected chi connectivity index (χ4v) is 1.97. The van der Waals surface area contributed by atoms with Crippen LogP contribution in [-0.2, 0) is 28.7 Å². The first-order chi connectivity index (χ1) is 10.2. The minimum absolute atomic E-state index is 0.134. The van der Waals surface area contributed by atoms with E-state index in [9.17, 15) is 19.2 Å². The molecule has 0 radical (unpaired) electrons. The van der Waals surface area contributed by atoms with Gasteiger partial charge in [-0.15, -0.1) is 0 Å². The molecule has 3 aliphatic rings. The largest absolute Gasteiger partial charge is 0.393 e. The van der Waals surface area contributed by atoms with Crippen molar-refractivity contribution in [2.24, 2.45) is 11.3 Å². The number of ether oxygens (including phenoxy) is 2. The van der Waals surface area contributed by atoms with Crippen LogP contribution in [0.4, 0.5) is 0 Å². The minimum atomic E-state index is -0.552. The van der Waals surface area contributed by atoms with Gasteiger partial charge in [0.1, 0.15) is 0 Å². The van der Waals surface area contributed by atoms with E-state index in [1.807, 2.05) is 26.0 Å². The molecule has 0 bridgehead atoms. The standard InChI is InChI=1S/C11H10O3.C5H6O3/c1-11(2)5-3-7-8(4-6-11)10(13)14-9(7)12;1-3-2-4(6)8-5(3)7/h3-6H,1-2H3;3H,2H2,1H3. The van der Waals surface area contributed by atoms with Crippen LogP contribution in [0, 0.1) is 11.3 Å². The van der Waals surface area contributed by atoms with Crippen molar-refractivity contribution in [3.8, 4) is 0 Å². The average Bonchev–Trinajstić information content (AvgIpc) is 2.76. The van der Waals surface area contributed by atoms with Gasteiger partial charge in [-0.2, -0.15) is 0 Å². The van der Waals surface area contributed by atoms with E-state index < -0.39 is 23.9 Å². The second-order valence-corrected chi connectivity index (χ2v) is 5.89. The Labute approximate surface area is 127 Å². The van der Waals surface area contributed by atoms with Gasteiger partial charge in [0.05, 0.1) is 23.5 Å². The fraction of sp³-hybridized carbons (Fsp3) is 0.375. The quantitative estimate of drug-likeness (QED) is 0.499. The number of carbonyl (C=O) groups is 4. The maximum Gasteiger partial charge on any atom is 0.346 e. The van der Waals surface area contributed by atoms with Gasteiger partial charge in [0.15, 0.2) is 0 Å². The summed E-state index contributed by atoms with van der Waals surface area (Å²) in [5, 5.41) is 0. The maximum absolute atomic E-state index is 11.2. The predicted octanol–water partition coefficient (Wildman–Crippen LogP) is 1.61. The van der Waals surface area contributed by atoms with Crippen molar-refractivity contribution in [3.63, 3.8) is 0 Å². The number of rotatable bonds is 0. The smallest absolute Gasteiger partial charge is 0.346 e. The van der Waals surface area contributed by atoms with Gasteiger partial charge in [0, 0.05) is 5.41 Å². The number of esters is 4. The molecule has 1 unspecified atom stereocenters. The van der Waals surface area contributed by atoms with Crippen molar-refractivity contribution < 1.29 is 28.7 Å². The third-order valence-corrected chi connectivity index (χ3v) is 3.36. The Morgan fingerprint density at radius 3 is 1.77 bits per heavy atom. The Morgan fingerprint density at radius 2 is 1.45 bits per heavy atom. The van der Waals surface area contributed by atoms with Gasteiger partial charge >= 0.3 is 23.9 Å². The van der Waals surface area contributed by atoms with Crippen molar-refractivity contribution in [2.75, 3.05) is 0 Å². The van der Waals surface area contributed by atoms with Crippen LogP contribution in [0.2, 0.25) is 0 Å². The molecule has 1 saturated heterocycles. The van der Waals surface area contributed by atoms with Crippen LogP contribution < -0.4 is 0 Å². The van der Waals surface area contributed by atoms with Crippen LogP contribution in [0.25, 0.3) is 0 Å². The van der Waals surface area contributed by atoms with E-state index in [-0.39, 0.29) is 17.8 Å². The number of cyclic esters (lactones) is 4. The van der Waals surface area contributed by atoms with E-state index in [1.165, 1.54) is 0 Å². The first-order valence-corrected chi connectivity index (χ1v) is 6.83. The highest BCUT2D eigenvalue weighted by molar-refractivity contribution is 6.15. The number of hydrogen-bond acceptors (Lipinski definition) is 6. The molecule has 1 fully saturated rings. The van der Waals surface area contributed by atoms with Crippen LogP contribution >= 0.6 is 0 Å². The molecular formula is C16H16O6. The van der Waals surface area contributed by atoms with Gasteiger partial charge in [-0.25, -0.2) is 9.59 Å². The molecule has 116 valence electrons. The maximum atomic E-state index is 11.2. The molecule has 0 aromatic rings. The van der Waals surface area contributed by atoms with Crippen LogP contribution in [-0.4, -0.2) is 23.9 Å². The van der Waals surface area contributed by atoms with Crippen LogP contribution in [0.3, 0.4) is 0 Å². The number of allylic oxidation sites excluding steroid dienone is 2. The van der Waals surface area contributed by atoms with Crippen LogP contribution in [0.5, 0.6) is 0 Å². The fourth-order valence-electron chi connectivity index (χ4n) is 1.97. The zero-order valence-corrected chi connectivity index (χ0v) is 12.5. The molecular weight excluding hydrogens is 288 g/mol. The summed E-state index contributed by atoms with van der Waals surface area (Å²) >= 11 is 0. The predicted molar refractivity (Wildman–Crippen MR) is 75.1 cm³/mol. The highest BCUT2D eigenvalue weighted by Crippen LogP contribution is 2.29. The molecule has 2 aliphatic heterocycles. The molecule has 0 saturated carbocycles. The molecule has 1 aliphatic carbocycles. The summed E-state index contributed by atoms with van der Waals surface area (Å²) in [4.78, 5) is 43.0. The molecule has 0 aromatic heterocycles. The monoisotopic (exact) mass is 304 g/mol. The lowest BCUT2D eigenvalue weighted by Crippen LogP contribution is -2.05. The van der Waals surface area contributed by atoms with Crippen molar-refractivity contribution in [1.29, 1.82) is 0 Å². The highest BCUT2D eigenvalue weighted by Gasteiger charge is 2.31. The van der Waals surface area contributed by atoms with Gasteiger partial charge < -0.3 is 9.47 Å². The summed E-state index contributed by atoms with van der Waals surface area (Å²) in [7, 11) is 0. The van der Waals surface area contributed by atoms with Crippen molar-refractivity contribution in [1.82, 2.24) is 0 Å². The van der Waals surface area contributed by atoms with Crippen LogP contribution in [0.15, 0.2) is 35.5 Å². The molecule has 22 heavy (non-hydrogen) atoms. The summed E-state index contributed by atoms with van der Waals surface area (Å²) in [6.45, 7) is 5.67. The molecule has 6 nitrogen and oxygen atoms in total. The lowest BCUT2D eigenvalue weighted by atomic mass is 9.93. The van der Waals surface area contributed by atoms with E-state index in [2.05, 4.69) is 9.47 Å². The summed E-state index contributed by atoms with van der Waals surface area (Å²) in [6.07, 6.45) is 7.32. The Balaban J connectivity index is 0.000000188. The zero-order valence-electron chi connectivity index (χ0n) is 12.5. The van der Waals surface area contributed by atoms with Gasteiger partial charge in [-0.3, -0.25) is 9.59 Å². The second-order valence-electron chi connectivity index (χ2n) is 5.89. The van der Waals surface area contributed by atoms with E-state index in [0.717, 1.165) is 0 Å². The number of hydrogen-bond donors (Lipinski definition) is 0. The minimum Gasteiger partial charge on any atom is -0.393 e. The van der Waals surface area contributed by atoms with Crippen LogP contribution in [0.1, 0.15) is 27.2 Å². The average molecular weight is 304 g/mol. The zero-order chi connectivity index (χ0) is 16.5. The van der Waals surface area contributed by atoms with Crippen molar-refractivity contribution in [3.05, 3.63) is 35.5 Å². The SMILES string of the molecule is CC1(C)C=CC2=C(C=C1)C(=O)OC2=O.CC1CC(=O)OC1=O. The van der Waals surface area contributed by atoms with Gasteiger partial charge in [0.2, 0.25) is 0 Å². The van der Waals surface area contributed by atoms with Gasteiger partial charge in [-0.05, 0) is 12.2 Å². The molecule has 2 heterocycles. The molecule has 0 amide bonds. The Bertz CT molecular complexity index is 612. The van der Waals surface area contributed by atoms with E-state index in [0.29, 0.717) is 11.1 Å². The normalized spacial score (nSPS) is 25.3. The molecule has 1 atom stereocenters. The Morgan fingerprint density at radius 1 is 0.955 bits per heavy atom. The summed E-state index contributed by atoms with van der Waals surface area (Å²) < 4.78 is 8.67. The van der Waals surface area contributed by atoms with E-state index >= 15 is 0 Å². The third kappa shape index (κ3) is 3.39. The Kier molecular flexibility index (Phi) is 4.12. The molecule has 6 heteroatoms. The van der Waals surface area contributed by atoms with Crippen molar-refractivity contribution in [2.45, 2.75) is 27.2 Å². The summed E-state index contributed by atoms with van der Waals surface area (Å²) in [5.74, 6) is -2.12. The lowest BCUT2D eigenvalue weighted by molar-refractivity contribution is -0.153. The number of carbonyl (C=O) groups excluding carboxylic acids is 4. The molecule has 0 aromatic carbocycles. The van der Waals surface area contributed by atoms with E-state index in [1.54, 1.807) is 19.1 Å². The van der Waals surface area contributed by atoms with Gasteiger partial charge in [-0.1, -0.05) is 32.9 Å². The topological polar surface area (TPSA) is 86.7 Å². The van der Waals surface area contributed by atoms with Crippen molar-refractivity contribution >= 4 is 23.9 Å². The lowest BCUT2D eigenvalue weighted by Gasteiger charge is -2.12. The molecule has 3 rings (SSSR count). The summed E-state index contributed by atoms with van der Waals surface area (Å²) in [5.41, 5.74) is 0.582. The second kappa shape index (κ2) is 5.71.